The molecule has 0 amide bonds. The van der Waals surface area contributed by atoms with E-state index in [9.17, 15) is 13.5 Å². The van der Waals surface area contributed by atoms with Gasteiger partial charge < -0.3 is 10.4 Å². The van der Waals surface area contributed by atoms with E-state index in [0.29, 0.717) is 0 Å². The molecule has 0 saturated heterocycles. The fraction of sp³-hybridized carbons (Fsp3) is 0.400. The number of sulfone groups is 1. The smallest absolute Gasteiger partial charge is 0.180 e. The van der Waals surface area contributed by atoms with Crippen molar-refractivity contribution in [2.24, 2.45) is 0 Å². The van der Waals surface area contributed by atoms with E-state index < -0.39 is 15.9 Å². The predicted molar refractivity (Wildman–Crippen MR) is 65.7 cm³/mol. The van der Waals surface area contributed by atoms with Crippen LogP contribution in [0, 0.1) is 0 Å². The molecule has 1 aromatic rings. The first-order valence-corrected chi connectivity index (χ1v) is 6.32. The van der Waals surface area contributed by atoms with Crippen molar-refractivity contribution in [3.63, 3.8) is 0 Å². The van der Waals surface area contributed by atoms with Crippen LogP contribution in [0.1, 0.15) is 0 Å². The summed E-state index contributed by atoms with van der Waals surface area (Å²) in [5.41, 5.74) is 0. The number of nitrogens with one attached hydrogen (secondary N) is 1. The van der Waals surface area contributed by atoms with E-state index >= 15 is 0 Å². The predicted octanol–water partition coefficient (Wildman–Crippen LogP) is 0.462. The molecule has 2 N–H and O–H groups in total. The van der Waals surface area contributed by atoms with Crippen LogP contribution in [0.15, 0.2) is 35.2 Å². The lowest BCUT2D eigenvalue weighted by molar-refractivity contribution is 0.197. The van der Waals surface area contributed by atoms with E-state index in [-0.39, 0.29) is 29.6 Å². The Morgan fingerprint density at radius 3 is 2.38 bits per heavy atom. The van der Waals surface area contributed by atoms with Gasteiger partial charge in [0.25, 0.3) is 0 Å². The molecule has 1 atom stereocenters. The van der Waals surface area contributed by atoms with Gasteiger partial charge >= 0.3 is 0 Å². The Morgan fingerprint density at radius 1 is 1.31 bits per heavy atom. The van der Waals surface area contributed by atoms with Crippen LogP contribution in [0.2, 0.25) is 0 Å². The fourth-order valence-electron chi connectivity index (χ4n) is 1.27. The van der Waals surface area contributed by atoms with Gasteiger partial charge in [0.1, 0.15) is 0 Å². The van der Waals surface area contributed by atoms with E-state index in [1.54, 1.807) is 25.2 Å². The van der Waals surface area contributed by atoms with Gasteiger partial charge in [-0.15, -0.1) is 12.4 Å². The second kappa shape index (κ2) is 6.85. The number of benzene rings is 1. The van der Waals surface area contributed by atoms with Crippen molar-refractivity contribution >= 4 is 22.2 Å². The average Bonchev–Trinajstić information content (AvgIpc) is 2.18. The summed E-state index contributed by atoms with van der Waals surface area (Å²) >= 11 is 0. The molecule has 16 heavy (non-hydrogen) atoms. The van der Waals surface area contributed by atoms with Crippen molar-refractivity contribution in [2.45, 2.75) is 11.0 Å². The van der Waals surface area contributed by atoms with Crippen LogP contribution < -0.4 is 5.32 Å². The Balaban J connectivity index is 0.00000225. The Kier molecular flexibility index (Phi) is 6.59. The Morgan fingerprint density at radius 2 is 1.88 bits per heavy atom. The molecule has 0 aliphatic heterocycles. The van der Waals surface area contributed by atoms with Crippen LogP contribution in [-0.4, -0.2) is 39.0 Å². The van der Waals surface area contributed by atoms with Crippen molar-refractivity contribution in [2.75, 3.05) is 19.3 Å². The lowest BCUT2D eigenvalue weighted by Gasteiger charge is -2.10. The van der Waals surface area contributed by atoms with E-state index in [2.05, 4.69) is 5.32 Å². The summed E-state index contributed by atoms with van der Waals surface area (Å²) in [6, 6.07) is 8.14. The third kappa shape index (κ3) is 4.49. The van der Waals surface area contributed by atoms with Crippen LogP contribution in [0.25, 0.3) is 0 Å². The summed E-state index contributed by atoms with van der Waals surface area (Å²) < 4.78 is 23.5. The van der Waals surface area contributed by atoms with Crippen molar-refractivity contribution in [1.29, 1.82) is 0 Å². The molecule has 92 valence electrons. The maximum absolute atomic E-state index is 11.7. The summed E-state index contributed by atoms with van der Waals surface area (Å²) in [4.78, 5) is 0.250. The van der Waals surface area contributed by atoms with Crippen LogP contribution in [-0.2, 0) is 9.84 Å². The molecule has 0 spiro atoms. The summed E-state index contributed by atoms with van der Waals surface area (Å²) in [6.45, 7) is 0.270. The summed E-state index contributed by atoms with van der Waals surface area (Å²) in [5.74, 6) is -0.252. The lowest BCUT2D eigenvalue weighted by atomic mass is 10.4. The van der Waals surface area contributed by atoms with E-state index in [0.717, 1.165) is 0 Å². The molecular formula is C10H16ClNO3S. The molecule has 0 heterocycles. The molecule has 6 heteroatoms. The highest BCUT2D eigenvalue weighted by Crippen LogP contribution is 2.10. The first-order chi connectivity index (χ1) is 7.06. The molecule has 0 aromatic heterocycles. The van der Waals surface area contributed by atoms with Crippen molar-refractivity contribution < 1.29 is 13.5 Å². The quantitative estimate of drug-likeness (QED) is 0.812. The van der Waals surface area contributed by atoms with Gasteiger partial charge in [-0.1, -0.05) is 18.2 Å². The molecule has 0 radical (unpaired) electrons. The highest BCUT2D eigenvalue weighted by Gasteiger charge is 2.18. The maximum Gasteiger partial charge on any atom is 0.180 e. The Labute approximate surface area is 102 Å². The SMILES string of the molecule is CNCC(O)CS(=O)(=O)c1ccccc1.Cl. The minimum atomic E-state index is -3.37. The van der Waals surface area contributed by atoms with Gasteiger partial charge in [0, 0.05) is 6.54 Å². The minimum Gasteiger partial charge on any atom is -0.391 e. The molecule has 0 bridgehead atoms. The topological polar surface area (TPSA) is 66.4 Å². The average molecular weight is 266 g/mol. The van der Waals surface area contributed by atoms with Gasteiger partial charge in [-0.3, -0.25) is 0 Å². The zero-order valence-electron chi connectivity index (χ0n) is 8.96. The number of hydrogen-bond donors (Lipinski definition) is 2. The van der Waals surface area contributed by atoms with E-state index in [1.807, 2.05) is 0 Å². The van der Waals surface area contributed by atoms with Crippen LogP contribution >= 0.6 is 12.4 Å². The van der Waals surface area contributed by atoms with Gasteiger partial charge in [-0.2, -0.15) is 0 Å². The molecule has 1 rings (SSSR count). The zero-order chi connectivity index (χ0) is 11.3. The second-order valence-electron chi connectivity index (χ2n) is 3.31. The highest BCUT2D eigenvalue weighted by atomic mass is 35.5. The van der Waals surface area contributed by atoms with Gasteiger partial charge in [0.15, 0.2) is 9.84 Å². The Hall–Kier alpha value is -0.620. The van der Waals surface area contributed by atoms with E-state index in [1.165, 1.54) is 12.1 Å². The number of likely N-dealkylation sites (N-methyl/N-ethyl adjacent to an activating group) is 1. The normalized spacial score (nSPS) is 12.9. The first-order valence-electron chi connectivity index (χ1n) is 4.67. The van der Waals surface area contributed by atoms with Gasteiger partial charge in [-0.25, -0.2) is 8.42 Å². The third-order valence-electron chi connectivity index (χ3n) is 1.95. The number of halogens is 1. The largest absolute Gasteiger partial charge is 0.391 e. The maximum atomic E-state index is 11.7. The van der Waals surface area contributed by atoms with Crippen molar-refractivity contribution in [1.82, 2.24) is 5.32 Å². The van der Waals surface area contributed by atoms with E-state index in [4.69, 9.17) is 0 Å². The second-order valence-corrected chi connectivity index (χ2v) is 5.34. The van der Waals surface area contributed by atoms with Crippen LogP contribution in [0.3, 0.4) is 0 Å². The minimum absolute atomic E-state index is 0. The standard InChI is InChI=1S/C10H15NO3S.ClH/c1-11-7-9(12)8-15(13,14)10-5-3-2-4-6-10;/h2-6,9,11-12H,7-8H2,1H3;1H. The summed E-state index contributed by atoms with van der Waals surface area (Å²) in [6.07, 6.45) is -0.875. The first kappa shape index (κ1) is 15.4. The molecule has 4 nitrogen and oxygen atoms in total. The zero-order valence-corrected chi connectivity index (χ0v) is 10.6. The molecule has 0 saturated carbocycles. The molecule has 0 aliphatic carbocycles. The summed E-state index contributed by atoms with van der Waals surface area (Å²) in [5, 5.41) is 12.1. The third-order valence-corrected chi connectivity index (χ3v) is 3.77. The monoisotopic (exact) mass is 265 g/mol. The van der Waals surface area contributed by atoms with Crippen LogP contribution in [0.5, 0.6) is 0 Å². The van der Waals surface area contributed by atoms with Gasteiger partial charge in [-0.05, 0) is 19.2 Å². The van der Waals surface area contributed by atoms with Crippen molar-refractivity contribution in [3.8, 4) is 0 Å². The van der Waals surface area contributed by atoms with Gasteiger partial charge in [0.05, 0.1) is 16.8 Å². The molecule has 1 unspecified atom stereocenters. The molecule has 1 aromatic carbocycles. The number of aliphatic hydroxyl groups is 1. The molecule has 0 fully saturated rings. The summed E-state index contributed by atoms with van der Waals surface area (Å²) in [7, 11) is -1.71. The number of aliphatic hydroxyl groups excluding tert-OH is 1. The fourth-order valence-corrected chi connectivity index (χ4v) is 2.66. The lowest BCUT2D eigenvalue weighted by Crippen LogP contribution is -2.30. The number of hydrogen-bond acceptors (Lipinski definition) is 4. The molecule has 0 aliphatic rings. The van der Waals surface area contributed by atoms with Crippen LogP contribution in [0.4, 0.5) is 0 Å². The highest BCUT2D eigenvalue weighted by molar-refractivity contribution is 7.91. The Bertz CT molecular complexity index is 394. The number of rotatable bonds is 5. The van der Waals surface area contributed by atoms with Crippen molar-refractivity contribution in [3.05, 3.63) is 30.3 Å². The van der Waals surface area contributed by atoms with Gasteiger partial charge in [0.2, 0.25) is 0 Å². The molecular weight excluding hydrogens is 250 g/mol.